The number of hydrogen-bond donors (Lipinski definition) is 2. The number of nitrogens with two attached hydrogens (primary N) is 1. The second kappa shape index (κ2) is 12.3. The highest BCUT2D eigenvalue weighted by atomic mass is 16.5. The van der Waals surface area contributed by atoms with Gasteiger partial charge in [0.05, 0.1) is 20.8 Å². The number of benzene rings is 2. The number of ether oxygens (including phenoxy) is 3. The van der Waals surface area contributed by atoms with E-state index >= 15 is 0 Å². The lowest BCUT2D eigenvalue weighted by molar-refractivity contribution is -0.145. The second-order valence-corrected chi connectivity index (χ2v) is 6.42. The lowest BCUT2D eigenvalue weighted by Gasteiger charge is -2.09. The zero-order valence-corrected chi connectivity index (χ0v) is 17.0. The molecule has 2 aromatic carbocycles. The summed E-state index contributed by atoms with van der Waals surface area (Å²) in [5.74, 6) is 1.51. The molecule has 0 spiro atoms. The first-order valence-electron chi connectivity index (χ1n) is 9.56. The summed E-state index contributed by atoms with van der Waals surface area (Å²) in [7, 11) is 3.19. The summed E-state index contributed by atoms with van der Waals surface area (Å²) < 4.78 is 15.7. The maximum absolute atomic E-state index is 11.8. The number of rotatable bonds is 11. The van der Waals surface area contributed by atoms with E-state index in [0.717, 1.165) is 24.0 Å². The van der Waals surface area contributed by atoms with Crippen LogP contribution in [-0.4, -0.2) is 32.7 Å². The number of guanidine groups is 1. The molecule has 0 saturated heterocycles. The van der Waals surface area contributed by atoms with Crippen LogP contribution in [0.1, 0.15) is 30.4 Å². The molecule has 0 saturated carbocycles. The summed E-state index contributed by atoms with van der Waals surface area (Å²) >= 11 is 0. The third kappa shape index (κ3) is 8.13. The molecule has 2 rings (SSSR count). The molecule has 7 heteroatoms. The summed E-state index contributed by atoms with van der Waals surface area (Å²) in [6.45, 7) is 1.39. The van der Waals surface area contributed by atoms with Crippen LogP contribution in [0.25, 0.3) is 0 Å². The molecular formula is C22H29N3O4. The second-order valence-electron chi connectivity index (χ2n) is 6.42. The number of aliphatic imine (C=N–C) groups is 1. The minimum absolute atomic E-state index is 0.191. The minimum atomic E-state index is -0.191. The zero-order chi connectivity index (χ0) is 20.9. The normalized spacial score (nSPS) is 11.0. The van der Waals surface area contributed by atoms with Crippen molar-refractivity contribution < 1.29 is 19.0 Å². The molecule has 7 nitrogen and oxygen atoms in total. The van der Waals surface area contributed by atoms with Gasteiger partial charge in [-0.05, 0) is 36.1 Å². The third-order valence-corrected chi connectivity index (χ3v) is 4.24. The maximum Gasteiger partial charge on any atom is 0.306 e. The van der Waals surface area contributed by atoms with E-state index in [1.54, 1.807) is 14.2 Å². The molecule has 29 heavy (non-hydrogen) atoms. The van der Waals surface area contributed by atoms with Crippen LogP contribution in [-0.2, 0) is 22.7 Å². The van der Waals surface area contributed by atoms with Crippen molar-refractivity contribution in [3.63, 3.8) is 0 Å². The molecular weight excluding hydrogens is 370 g/mol. The predicted octanol–water partition coefficient (Wildman–Crippen LogP) is 3.02. The number of esters is 1. The summed E-state index contributed by atoms with van der Waals surface area (Å²) in [6, 6.07) is 15.3. The lowest BCUT2D eigenvalue weighted by Crippen LogP contribution is -2.32. The predicted molar refractivity (Wildman–Crippen MR) is 113 cm³/mol. The van der Waals surface area contributed by atoms with E-state index in [4.69, 9.17) is 19.9 Å². The van der Waals surface area contributed by atoms with Gasteiger partial charge >= 0.3 is 5.97 Å². The van der Waals surface area contributed by atoms with Gasteiger partial charge in [-0.1, -0.05) is 36.4 Å². The van der Waals surface area contributed by atoms with E-state index in [-0.39, 0.29) is 5.97 Å². The molecule has 0 bridgehead atoms. The number of carbonyl (C=O) groups excluding carboxylic acids is 1. The highest BCUT2D eigenvalue weighted by molar-refractivity contribution is 5.77. The van der Waals surface area contributed by atoms with Gasteiger partial charge in [0, 0.05) is 13.0 Å². The molecule has 3 N–H and O–H groups in total. The maximum atomic E-state index is 11.8. The van der Waals surface area contributed by atoms with Gasteiger partial charge in [-0.15, -0.1) is 0 Å². The van der Waals surface area contributed by atoms with E-state index in [9.17, 15) is 4.79 Å². The average Bonchev–Trinajstić information content (AvgIpc) is 2.76. The summed E-state index contributed by atoms with van der Waals surface area (Å²) in [4.78, 5) is 16.1. The van der Waals surface area contributed by atoms with Gasteiger partial charge in [-0.2, -0.15) is 0 Å². The van der Waals surface area contributed by atoms with Crippen LogP contribution >= 0.6 is 0 Å². The average molecular weight is 399 g/mol. The highest BCUT2D eigenvalue weighted by Gasteiger charge is 2.05. The van der Waals surface area contributed by atoms with Crippen molar-refractivity contribution in [2.75, 3.05) is 20.8 Å². The molecule has 0 aliphatic rings. The van der Waals surface area contributed by atoms with Gasteiger partial charge < -0.3 is 25.3 Å². The lowest BCUT2D eigenvalue weighted by atomic mass is 10.2. The van der Waals surface area contributed by atoms with E-state index in [1.807, 2.05) is 48.5 Å². The van der Waals surface area contributed by atoms with Crippen molar-refractivity contribution in [2.45, 2.75) is 32.4 Å². The number of unbranched alkanes of at least 4 members (excludes halogenated alkanes) is 1. The van der Waals surface area contributed by atoms with E-state index in [0.29, 0.717) is 43.6 Å². The van der Waals surface area contributed by atoms with Crippen molar-refractivity contribution in [2.24, 2.45) is 10.7 Å². The number of methoxy groups -OCH3 is 2. The van der Waals surface area contributed by atoms with Crippen LogP contribution in [0.4, 0.5) is 0 Å². The topological polar surface area (TPSA) is 95.2 Å². The number of carbonyl (C=O) groups is 1. The Labute approximate surface area is 171 Å². The Morgan fingerprint density at radius 2 is 1.76 bits per heavy atom. The SMILES string of the molecule is COc1ccc(CN=C(N)NCCCCC(=O)OCc2ccccc2)cc1OC. The Balaban J connectivity index is 1.61. The van der Waals surface area contributed by atoms with Crippen molar-refractivity contribution in [1.82, 2.24) is 5.32 Å². The number of hydrogen-bond acceptors (Lipinski definition) is 5. The molecule has 0 radical (unpaired) electrons. The van der Waals surface area contributed by atoms with Gasteiger partial charge in [0.1, 0.15) is 6.61 Å². The van der Waals surface area contributed by atoms with Gasteiger partial charge in [0.25, 0.3) is 0 Å². The fraction of sp³-hybridized carbons (Fsp3) is 0.364. The number of nitrogens with zero attached hydrogens (tertiary/aromatic N) is 1. The minimum Gasteiger partial charge on any atom is -0.493 e. The smallest absolute Gasteiger partial charge is 0.306 e. The van der Waals surface area contributed by atoms with E-state index in [1.165, 1.54) is 0 Å². The Kier molecular flexibility index (Phi) is 9.35. The Morgan fingerprint density at radius 1 is 1.00 bits per heavy atom. The molecule has 0 fully saturated rings. The summed E-state index contributed by atoms with van der Waals surface area (Å²) in [5, 5.41) is 3.06. The van der Waals surface area contributed by atoms with Crippen molar-refractivity contribution in [3.05, 3.63) is 59.7 Å². The molecule has 0 atom stereocenters. The Hall–Kier alpha value is -3.22. The van der Waals surface area contributed by atoms with Gasteiger partial charge in [-0.25, -0.2) is 4.99 Å². The van der Waals surface area contributed by atoms with Gasteiger partial charge in [-0.3, -0.25) is 4.79 Å². The fourth-order valence-electron chi connectivity index (χ4n) is 2.63. The van der Waals surface area contributed by atoms with E-state index in [2.05, 4.69) is 10.3 Å². The van der Waals surface area contributed by atoms with Crippen LogP contribution in [0, 0.1) is 0 Å². The van der Waals surface area contributed by atoms with Crippen LogP contribution in [0.15, 0.2) is 53.5 Å². The molecule has 0 unspecified atom stereocenters. The first kappa shape index (κ1) is 22.1. The fourth-order valence-corrected chi connectivity index (χ4v) is 2.63. The van der Waals surface area contributed by atoms with Crippen molar-refractivity contribution in [3.8, 4) is 11.5 Å². The molecule has 0 aromatic heterocycles. The molecule has 2 aromatic rings. The highest BCUT2D eigenvalue weighted by Crippen LogP contribution is 2.27. The Bertz CT molecular complexity index is 794. The molecule has 0 aliphatic carbocycles. The summed E-state index contributed by atoms with van der Waals surface area (Å²) in [5.41, 5.74) is 7.85. The standard InChI is InChI=1S/C22H29N3O4/c1-27-19-12-11-18(14-20(19)28-2)15-25-22(23)24-13-7-6-10-21(26)29-16-17-8-4-3-5-9-17/h3-5,8-9,11-12,14H,6-7,10,13,15-16H2,1-2H3,(H3,23,24,25). The Morgan fingerprint density at radius 3 is 2.48 bits per heavy atom. The molecule has 0 aliphatic heterocycles. The summed E-state index contributed by atoms with van der Waals surface area (Å²) in [6.07, 6.45) is 1.91. The van der Waals surface area contributed by atoms with Crippen LogP contribution in [0.5, 0.6) is 11.5 Å². The van der Waals surface area contributed by atoms with Crippen LogP contribution in [0.2, 0.25) is 0 Å². The zero-order valence-electron chi connectivity index (χ0n) is 17.0. The first-order valence-corrected chi connectivity index (χ1v) is 9.56. The first-order chi connectivity index (χ1) is 14.1. The van der Waals surface area contributed by atoms with Gasteiger partial charge in [0.2, 0.25) is 0 Å². The molecule has 156 valence electrons. The van der Waals surface area contributed by atoms with Crippen molar-refractivity contribution >= 4 is 11.9 Å². The molecule has 0 amide bonds. The van der Waals surface area contributed by atoms with Gasteiger partial charge in [0.15, 0.2) is 17.5 Å². The largest absolute Gasteiger partial charge is 0.493 e. The van der Waals surface area contributed by atoms with E-state index < -0.39 is 0 Å². The monoisotopic (exact) mass is 399 g/mol. The van der Waals surface area contributed by atoms with Crippen LogP contribution < -0.4 is 20.5 Å². The number of nitrogens with one attached hydrogen (secondary N) is 1. The molecule has 0 heterocycles. The van der Waals surface area contributed by atoms with Crippen molar-refractivity contribution in [1.29, 1.82) is 0 Å². The third-order valence-electron chi connectivity index (χ3n) is 4.24. The van der Waals surface area contributed by atoms with Crippen LogP contribution in [0.3, 0.4) is 0 Å². The quantitative estimate of drug-likeness (QED) is 0.261.